The van der Waals surface area contributed by atoms with E-state index in [0.717, 1.165) is 50.9 Å². The molecule has 2 heterocycles. The van der Waals surface area contributed by atoms with E-state index in [1.54, 1.807) is 12.1 Å². The molecule has 3 unspecified atom stereocenters. The van der Waals surface area contributed by atoms with Gasteiger partial charge in [-0.1, -0.05) is 12.1 Å². The molecule has 2 aliphatic rings. The third kappa shape index (κ3) is 6.01. The SMILES string of the molecule is CC(NC(=O)CN1CCCC(CNC(=O)C2CCCN2)C1)c1ccc(F)cc1. The Bertz CT molecular complexity index is 661. The average molecular weight is 391 g/mol. The van der Waals surface area contributed by atoms with Crippen LogP contribution >= 0.6 is 0 Å². The van der Waals surface area contributed by atoms with E-state index >= 15 is 0 Å². The van der Waals surface area contributed by atoms with Gasteiger partial charge in [0.25, 0.3) is 0 Å². The highest BCUT2D eigenvalue weighted by molar-refractivity contribution is 5.82. The molecular formula is C21H31FN4O2. The molecule has 28 heavy (non-hydrogen) atoms. The van der Waals surface area contributed by atoms with E-state index in [4.69, 9.17) is 0 Å². The molecule has 0 aliphatic carbocycles. The normalized spacial score (nSPS) is 23.9. The van der Waals surface area contributed by atoms with Crippen LogP contribution in [0.4, 0.5) is 4.39 Å². The number of carbonyl (C=O) groups is 2. The van der Waals surface area contributed by atoms with Gasteiger partial charge in [-0.25, -0.2) is 4.39 Å². The van der Waals surface area contributed by atoms with Gasteiger partial charge < -0.3 is 16.0 Å². The van der Waals surface area contributed by atoms with Crippen LogP contribution in [-0.4, -0.2) is 55.5 Å². The van der Waals surface area contributed by atoms with E-state index in [0.29, 0.717) is 19.0 Å². The number of hydrogen-bond donors (Lipinski definition) is 3. The number of carbonyl (C=O) groups excluding carboxylic acids is 2. The highest BCUT2D eigenvalue weighted by Gasteiger charge is 2.25. The van der Waals surface area contributed by atoms with E-state index in [-0.39, 0.29) is 29.7 Å². The Morgan fingerprint density at radius 3 is 2.75 bits per heavy atom. The van der Waals surface area contributed by atoms with Crippen molar-refractivity contribution >= 4 is 11.8 Å². The Morgan fingerprint density at radius 2 is 2.04 bits per heavy atom. The van der Waals surface area contributed by atoms with Crippen molar-refractivity contribution in [3.63, 3.8) is 0 Å². The smallest absolute Gasteiger partial charge is 0.237 e. The van der Waals surface area contributed by atoms with Gasteiger partial charge in [0.15, 0.2) is 0 Å². The number of nitrogens with zero attached hydrogens (tertiary/aromatic N) is 1. The fraction of sp³-hybridized carbons (Fsp3) is 0.619. The second-order valence-corrected chi connectivity index (χ2v) is 7.98. The third-order valence-electron chi connectivity index (χ3n) is 5.66. The first-order valence-electron chi connectivity index (χ1n) is 10.3. The van der Waals surface area contributed by atoms with Crippen molar-refractivity contribution in [1.82, 2.24) is 20.9 Å². The molecule has 2 fully saturated rings. The fourth-order valence-electron chi connectivity index (χ4n) is 4.06. The first kappa shape index (κ1) is 20.7. The van der Waals surface area contributed by atoms with Crippen molar-refractivity contribution in [3.05, 3.63) is 35.6 Å². The van der Waals surface area contributed by atoms with Gasteiger partial charge in [-0.2, -0.15) is 0 Å². The minimum absolute atomic E-state index is 0.0309. The molecular weight excluding hydrogens is 359 g/mol. The quantitative estimate of drug-likeness (QED) is 0.661. The summed E-state index contributed by atoms with van der Waals surface area (Å²) in [7, 11) is 0. The molecule has 2 saturated heterocycles. The van der Waals surface area contributed by atoms with Crippen LogP contribution in [0.5, 0.6) is 0 Å². The van der Waals surface area contributed by atoms with E-state index in [1.165, 1.54) is 12.1 Å². The molecule has 0 aromatic heterocycles. The van der Waals surface area contributed by atoms with Crippen LogP contribution in [0.3, 0.4) is 0 Å². The minimum Gasteiger partial charge on any atom is -0.354 e. The minimum atomic E-state index is -0.280. The van der Waals surface area contributed by atoms with Crippen LogP contribution < -0.4 is 16.0 Å². The number of hydrogen-bond acceptors (Lipinski definition) is 4. The Morgan fingerprint density at radius 1 is 1.25 bits per heavy atom. The highest BCUT2D eigenvalue weighted by atomic mass is 19.1. The predicted octanol–water partition coefficient (Wildman–Crippen LogP) is 1.58. The zero-order valence-electron chi connectivity index (χ0n) is 16.5. The lowest BCUT2D eigenvalue weighted by molar-refractivity contribution is -0.124. The van der Waals surface area contributed by atoms with Crippen LogP contribution in [0.2, 0.25) is 0 Å². The summed E-state index contributed by atoms with van der Waals surface area (Å²) in [5.41, 5.74) is 0.884. The molecule has 3 N–H and O–H groups in total. The lowest BCUT2D eigenvalue weighted by atomic mass is 9.97. The summed E-state index contributed by atoms with van der Waals surface area (Å²) in [5, 5.41) is 9.27. The summed E-state index contributed by atoms with van der Waals surface area (Å²) in [5.74, 6) is 0.163. The number of benzene rings is 1. The van der Waals surface area contributed by atoms with Crippen LogP contribution in [0.25, 0.3) is 0 Å². The molecule has 2 amide bonds. The number of rotatable bonds is 7. The summed E-state index contributed by atoms with van der Waals surface area (Å²) >= 11 is 0. The second kappa shape index (κ2) is 9.98. The molecule has 1 aromatic rings. The van der Waals surface area contributed by atoms with Gasteiger partial charge in [-0.15, -0.1) is 0 Å². The van der Waals surface area contributed by atoms with E-state index in [9.17, 15) is 14.0 Å². The summed E-state index contributed by atoms with van der Waals surface area (Å²) in [6.45, 7) is 5.54. The zero-order chi connectivity index (χ0) is 19.9. The molecule has 0 spiro atoms. The van der Waals surface area contributed by atoms with E-state index in [1.807, 2.05) is 6.92 Å². The zero-order valence-corrected chi connectivity index (χ0v) is 16.5. The summed E-state index contributed by atoms with van der Waals surface area (Å²) < 4.78 is 13.0. The van der Waals surface area contributed by atoms with Crippen LogP contribution in [-0.2, 0) is 9.59 Å². The van der Waals surface area contributed by atoms with Crippen molar-refractivity contribution < 1.29 is 14.0 Å². The number of amides is 2. The first-order chi connectivity index (χ1) is 13.5. The predicted molar refractivity (Wildman–Crippen MR) is 106 cm³/mol. The van der Waals surface area contributed by atoms with Crippen molar-refractivity contribution in [3.8, 4) is 0 Å². The maximum Gasteiger partial charge on any atom is 0.237 e. The average Bonchev–Trinajstić information content (AvgIpc) is 3.21. The van der Waals surface area contributed by atoms with Gasteiger partial charge in [0.05, 0.1) is 18.6 Å². The first-order valence-corrected chi connectivity index (χ1v) is 10.3. The van der Waals surface area contributed by atoms with Crippen LogP contribution in [0.15, 0.2) is 24.3 Å². The standard InChI is InChI=1S/C21H31FN4O2/c1-15(17-6-8-18(22)9-7-17)25-20(27)14-26-11-3-4-16(13-26)12-24-21(28)19-5-2-10-23-19/h6-9,15-16,19,23H,2-5,10-14H2,1H3,(H,24,28)(H,25,27). The Kier molecular flexibility index (Phi) is 7.39. The molecule has 0 bridgehead atoms. The molecule has 1 aromatic carbocycles. The van der Waals surface area contributed by atoms with Gasteiger partial charge >= 0.3 is 0 Å². The number of piperidine rings is 1. The Balaban J connectivity index is 1.40. The summed E-state index contributed by atoms with van der Waals surface area (Å²) in [6, 6.07) is 5.99. The molecule has 2 aliphatic heterocycles. The molecule has 6 nitrogen and oxygen atoms in total. The Labute approximate surface area is 166 Å². The highest BCUT2D eigenvalue weighted by Crippen LogP contribution is 2.17. The fourth-order valence-corrected chi connectivity index (χ4v) is 4.06. The summed E-state index contributed by atoms with van der Waals surface area (Å²) in [6.07, 6.45) is 4.07. The van der Waals surface area contributed by atoms with Crippen molar-refractivity contribution in [2.24, 2.45) is 5.92 Å². The monoisotopic (exact) mass is 390 g/mol. The largest absolute Gasteiger partial charge is 0.354 e. The molecule has 0 saturated carbocycles. The molecule has 154 valence electrons. The number of halogens is 1. The second-order valence-electron chi connectivity index (χ2n) is 7.98. The maximum absolute atomic E-state index is 13.0. The van der Waals surface area contributed by atoms with Crippen molar-refractivity contribution in [1.29, 1.82) is 0 Å². The van der Waals surface area contributed by atoms with Crippen molar-refractivity contribution in [2.75, 3.05) is 32.7 Å². The van der Waals surface area contributed by atoms with Gasteiger partial charge in [-0.3, -0.25) is 14.5 Å². The van der Waals surface area contributed by atoms with Gasteiger partial charge in [0.1, 0.15) is 5.82 Å². The Hall–Kier alpha value is -1.99. The van der Waals surface area contributed by atoms with Crippen molar-refractivity contribution in [2.45, 2.75) is 44.7 Å². The number of likely N-dealkylation sites (tertiary alicyclic amines) is 1. The van der Waals surface area contributed by atoms with Crippen LogP contribution in [0, 0.1) is 11.7 Å². The lowest BCUT2D eigenvalue weighted by Gasteiger charge is -2.32. The van der Waals surface area contributed by atoms with Gasteiger partial charge in [-0.05, 0) is 69.3 Å². The molecule has 3 atom stereocenters. The lowest BCUT2D eigenvalue weighted by Crippen LogP contribution is -2.47. The topological polar surface area (TPSA) is 73.5 Å². The van der Waals surface area contributed by atoms with Gasteiger partial charge in [0.2, 0.25) is 11.8 Å². The van der Waals surface area contributed by atoms with E-state index in [2.05, 4.69) is 20.9 Å². The summed E-state index contributed by atoms with van der Waals surface area (Å²) in [4.78, 5) is 26.7. The molecule has 7 heteroatoms. The maximum atomic E-state index is 13.0. The molecule has 0 radical (unpaired) electrons. The third-order valence-corrected chi connectivity index (χ3v) is 5.66. The van der Waals surface area contributed by atoms with Crippen LogP contribution in [0.1, 0.15) is 44.2 Å². The number of nitrogens with one attached hydrogen (secondary N) is 3. The van der Waals surface area contributed by atoms with Gasteiger partial charge in [0, 0.05) is 13.1 Å². The van der Waals surface area contributed by atoms with E-state index < -0.39 is 0 Å². The molecule has 3 rings (SSSR count).